The Hall–Kier alpha value is -2.93. The number of carbonyl (C=O) groups excluding carboxylic acids is 1. The number of carbonyl (C=O) groups is 1. The minimum Gasteiger partial charge on any atom is -0.496 e. The summed E-state index contributed by atoms with van der Waals surface area (Å²) < 4.78 is 7.21. The van der Waals surface area contributed by atoms with Crippen LogP contribution in [0, 0.1) is 0 Å². The van der Waals surface area contributed by atoms with Crippen LogP contribution < -0.4 is 10.5 Å². The third kappa shape index (κ3) is 3.14. The van der Waals surface area contributed by atoms with E-state index in [9.17, 15) is 4.79 Å². The Bertz CT molecular complexity index is 968. The second-order valence-electron chi connectivity index (χ2n) is 6.71. The van der Waals surface area contributed by atoms with Crippen molar-refractivity contribution in [3.05, 3.63) is 53.9 Å². The summed E-state index contributed by atoms with van der Waals surface area (Å²) in [6.45, 7) is 2.48. The highest BCUT2D eigenvalue weighted by atomic mass is 16.5. The lowest BCUT2D eigenvalue weighted by Gasteiger charge is -2.18. The molecule has 1 saturated heterocycles. The molecular weight excluding hydrogens is 342 g/mol. The maximum absolute atomic E-state index is 13.0. The number of amides is 1. The molecule has 7 nitrogen and oxygen atoms in total. The van der Waals surface area contributed by atoms with Gasteiger partial charge in [-0.15, -0.1) is 0 Å². The molecule has 2 aromatic heterocycles. The second-order valence-corrected chi connectivity index (χ2v) is 6.71. The van der Waals surface area contributed by atoms with Crippen LogP contribution in [0.2, 0.25) is 0 Å². The first kappa shape index (κ1) is 17.5. The number of benzene rings is 1. The number of hydrogen-bond donors (Lipinski definition) is 1. The summed E-state index contributed by atoms with van der Waals surface area (Å²) in [5, 5.41) is 5.82. The molecule has 0 aliphatic carbocycles. The summed E-state index contributed by atoms with van der Waals surface area (Å²) in [5.74, 6) is 0.793. The molecular formula is C20H23N5O2. The van der Waals surface area contributed by atoms with Crippen molar-refractivity contribution in [1.82, 2.24) is 19.7 Å². The molecule has 1 atom stereocenters. The SMILES string of the molecule is COc1ccccc1C(=O)N1CCC(c2nn(CCN)c3ncccc23)C1. The molecule has 27 heavy (non-hydrogen) atoms. The van der Waals surface area contributed by atoms with Crippen molar-refractivity contribution in [2.45, 2.75) is 18.9 Å². The average Bonchev–Trinajstić information content (AvgIpc) is 3.33. The molecule has 0 radical (unpaired) electrons. The molecule has 1 fully saturated rings. The highest BCUT2D eigenvalue weighted by molar-refractivity contribution is 5.97. The zero-order valence-electron chi connectivity index (χ0n) is 15.3. The monoisotopic (exact) mass is 365 g/mol. The molecule has 1 aliphatic heterocycles. The van der Waals surface area contributed by atoms with Gasteiger partial charge in [0.2, 0.25) is 0 Å². The van der Waals surface area contributed by atoms with Crippen LogP contribution in [-0.4, -0.2) is 52.3 Å². The van der Waals surface area contributed by atoms with Crippen LogP contribution in [0.15, 0.2) is 42.6 Å². The Morgan fingerprint density at radius 1 is 1.30 bits per heavy atom. The number of nitrogens with two attached hydrogens (primary N) is 1. The summed E-state index contributed by atoms with van der Waals surface area (Å²) in [4.78, 5) is 19.3. The quantitative estimate of drug-likeness (QED) is 0.748. The van der Waals surface area contributed by atoms with Gasteiger partial charge in [0.05, 0.1) is 24.9 Å². The van der Waals surface area contributed by atoms with E-state index in [-0.39, 0.29) is 11.8 Å². The number of hydrogen-bond acceptors (Lipinski definition) is 5. The summed E-state index contributed by atoms with van der Waals surface area (Å²) in [6.07, 6.45) is 2.65. The standard InChI is InChI=1S/C20H23N5O2/c1-27-17-7-3-2-5-15(17)20(26)24-11-8-14(13-24)18-16-6-4-10-22-19(16)25(23-18)12-9-21/h2-7,10,14H,8-9,11-13,21H2,1H3. The van der Waals surface area contributed by atoms with Crippen molar-refractivity contribution in [2.75, 3.05) is 26.7 Å². The predicted octanol–water partition coefficient (Wildman–Crippen LogP) is 2.03. The topological polar surface area (TPSA) is 86.3 Å². The summed E-state index contributed by atoms with van der Waals surface area (Å²) in [7, 11) is 1.59. The molecule has 0 spiro atoms. The van der Waals surface area contributed by atoms with Crippen LogP contribution in [0.4, 0.5) is 0 Å². The minimum atomic E-state index is -0.00114. The minimum absolute atomic E-state index is 0.00114. The van der Waals surface area contributed by atoms with Gasteiger partial charge in [0, 0.05) is 37.1 Å². The number of para-hydroxylation sites is 1. The fraction of sp³-hybridized carbons (Fsp3) is 0.350. The van der Waals surface area contributed by atoms with Crippen molar-refractivity contribution >= 4 is 16.9 Å². The molecule has 3 heterocycles. The molecule has 1 aromatic carbocycles. The van der Waals surface area contributed by atoms with Gasteiger partial charge in [-0.05, 0) is 30.7 Å². The van der Waals surface area contributed by atoms with Crippen molar-refractivity contribution in [3.63, 3.8) is 0 Å². The third-order valence-corrected chi connectivity index (χ3v) is 5.08. The zero-order chi connectivity index (χ0) is 18.8. The fourth-order valence-electron chi connectivity index (χ4n) is 3.77. The Balaban J connectivity index is 1.60. The summed E-state index contributed by atoms with van der Waals surface area (Å²) in [6, 6.07) is 11.3. The number of methoxy groups -OCH3 is 1. The summed E-state index contributed by atoms with van der Waals surface area (Å²) >= 11 is 0. The van der Waals surface area contributed by atoms with Gasteiger partial charge >= 0.3 is 0 Å². The van der Waals surface area contributed by atoms with E-state index < -0.39 is 0 Å². The van der Waals surface area contributed by atoms with Crippen LogP contribution in [0.5, 0.6) is 5.75 Å². The normalized spacial score (nSPS) is 16.8. The van der Waals surface area contributed by atoms with Crippen LogP contribution >= 0.6 is 0 Å². The molecule has 7 heteroatoms. The van der Waals surface area contributed by atoms with Gasteiger partial charge in [-0.2, -0.15) is 5.10 Å². The van der Waals surface area contributed by atoms with Gasteiger partial charge < -0.3 is 15.4 Å². The molecule has 0 bridgehead atoms. The first-order valence-corrected chi connectivity index (χ1v) is 9.16. The number of aromatic nitrogens is 3. The van der Waals surface area contributed by atoms with Gasteiger partial charge in [-0.3, -0.25) is 4.79 Å². The van der Waals surface area contributed by atoms with E-state index in [1.165, 1.54) is 0 Å². The van der Waals surface area contributed by atoms with Crippen molar-refractivity contribution < 1.29 is 9.53 Å². The van der Waals surface area contributed by atoms with Gasteiger partial charge in [0.15, 0.2) is 5.65 Å². The molecule has 1 amide bonds. The number of likely N-dealkylation sites (tertiary alicyclic amines) is 1. The van der Waals surface area contributed by atoms with Crippen molar-refractivity contribution in [1.29, 1.82) is 0 Å². The van der Waals surface area contributed by atoms with Crippen molar-refractivity contribution in [2.24, 2.45) is 5.73 Å². The van der Waals surface area contributed by atoms with E-state index in [4.69, 9.17) is 15.6 Å². The van der Waals surface area contributed by atoms with Gasteiger partial charge in [-0.25, -0.2) is 9.67 Å². The van der Waals surface area contributed by atoms with Crippen LogP contribution in [0.3, 0.4) is 0 Å². The first-order chi connectivity index (χ1) is 13.2. The van der Waals surface area contributed by atoms with Crippen LogP contribution in [0.25, 0.3) is 11.0 Å². The van der Waals surface area contributed by atoms with Gasteiger partial charge in [0.25, 0.3) is 5.91 Å². The lowest BCUT2D eigenvalue weighted by molar-refractivity contribution is 0.0787. The lowest BCUT2D eigenvalue weighted by atomic mass is 10.0. The molecule has 140 valence electrons. The largest absolute Gasteiger partial charge is 0.496 e. The van der Waals surface area contributed by atoms with E-state index in [2.05, 4.69) is 4.98 Å². The number of pyridine rings is 1. The maximum Gasteiger partial charge on any atom is 0.257 e. The predicted molar refractivity (Wildman–Crippen MR) is 103 cm³/mol. The van der Waals surface area contributed by atoms with E-state index in [1.807, 2.05) is 46.0 Å². The lowest BCUT2D eigenvalue weighted by Crippen LogP contribution is -2.28. The highest BCUT2D eigenvalue weighted by Crippen LogP contribution is 2.32. The smallest absolute Gasteiger partial charge is 0.257 e. The Kier molecular flexibility index (Phi) is 4.77. The third-order valence-electron chi connectivity index (χ3n) is 5.08. The zero-order valence-corrected chi connectivity index (χ0v) is 15.3. The van der Waals surface area contributed by atoms with Gasteiger partial charge in [-0.1, -0.05) is 12.1 Å². The molecule has 2 N–H and O–H groups in total. The van der Waals surface area contributed by atoms with Crippen LogP contribution in [-0.2, 0) is 6.54 Å². The number of fused-ring (bicyclic) bond motifs is 1. The molecule has 1 unspecified atom stereocenters. The molecule has 0 saturated carbocycles. The Morgan fingerprint density at radius 3 is 2.96 bits per heavy atom. The number of nitrogens with zero attached hydrogens (tertiary/aromatic N) is 4. The Morgan fingerprint density at radius 2 is 2.15 bits per heavy atom. The Labute approximate surface area is 157 Å². The average molecular weight is 365 g/mol. The van der Waals surface area contributed by atoms with E-state index in [0.29, 0.717) is 37.5 Å². The first-order valence-electron chi connectivity index (χ1n) is 9.16. The molecule has 4 rings (SSSR count). The molecule has 3 aromatic rings. The van der Waals surface area contributed by atoms with E-state index >= 15 is 0 Å². The number of ether oxygens (including phenoxy) is 1. The van der Waals surface area contributed by atoms with Crippen molar-refractivity contribution in [3.8, 4) is 5.75 Å². The highest BCUT2D eigenvalue weighted by Gasteiger charge is 2.32. The van der Waals surface area contributed by atoms with E-state index in [1.54, 1.807) is 13.3 Å². The van der Waals surface area contributed by atoms with Crippen LogP contribution in [0.1, 0.15) is 28.4 Å². The molecule has 1 aliphatic rings. The van der Waals surface area contributed by atoms with E-state index in [0.717, 1.165) is 23.1 Å². The maximum atomic E-state index is 13.0. The van der Waals surface area contributed by atoms with Gasteiger partial charge in [0.1, 0.15) is 5.75 Å². The second kappa shape index (κ2) is 7.36. The number of rotatable bonds is 5. The fourth-order valence-corrected chi connectivity index (χ4v) is 3.77. The summed E-state index contributed by atoms with van der Waals surface area (Å²) in [5.41, 5.74) is 8.17.